The molecule has 2 N–H and O–H groups in total. The number of unbranched alkanes of at least 4 members (excludes halogenated alkanes) is 1. The minimum absolute atomic E-state index is 0.00943. The zero-order chi connectivity index (χ0) is 16.8. The number of hydrogen-bond acceptors (Lipinski definition) is 3. The molecular formula is C19H26N4O. The highest BCUT2D eigenvalue weighted by molar-refractivity contribution is 5.95. The minimum atomic E-state index is 0.00943. The van der Waals surface area contributed by atoms with Crippen LogP contribution < -0.4 is 10.6 Å². The molecule has 0 spiro atoms. The fourth-order valence-electron chi connectivity index (χ4n) is 3.17. The van der Waals surface area contributed by atoms with Crippen LogP contribution >= 0.6 is 0 Å². The molecule has 1 aromatic carbocycles. The standard InChI is InChI=1S/C19H26N4O/c1-2-3-9-18-17(19(24)22-15-10-12-20-13-11-15)14-21-23(18)16-7-5-4-6-8-16/h4-8,14-15,20H,2-3,9-13H2,1H3,(H,22,24). The van der Waals surface area contributed by atoms with E-state index in [-0.39, 0.29) is 11.9 Å². The molecule has 1 aliphatic heterocycles. The van der Waals surface area contributed by atoms with E-state index in [0.29, 0.717) is 5.56 Å². The van der Waals surface area contributed by atoms with Crippen molar-refractivity contribution in [1.29, 1.82) is 0 Å². The van der Waals surface area contributed by atoms with Crippen molar-refractivity contribution in [3.05, 3.63) is 47.8 Å². The second kappa shape index (κ2) is 8.11. The maximum absolute atomic E-state index is 12.8. The molecule has 0 radical (unpaired) electrons. The van der Waals surface area contributed by atoms with Gasteiger partial charge in [0.1, 0.15) is 0 Å². The smallest absolute Gasteiger partial charge is 0.254 e. The third-order valence-electron chi connectivity index (χ3n) is 4.56. The quantitative estimate of drug-likeness (QED) is 0.858. The second-order valence-corrected chi connectivity index (χ2v) is 6.35. The number of nitrogens with one attached hydrogen (secondary N) is 2. The van der Waals surface area contributed by atoms with Crippen LogP contribution in [0.25, 0.3) is 5.69 Å². The van der Waals surface area contributed by atoms with E-state index in [1.807, 2.05) is 35.0 Å². The summed E-state index contributed by atoms with van der Waals surface area (Å²) < 4.78 is 1.91. The first kappa shape index (κ1) is 16.7. The highest BCUT2D eigenvalue weighted by atomic mass is 16.1. The summed E-state index contributed by atoms with van der Waals surface area (Å²) in [7, 11) is 0. The Hall–Kier alpha value is -2.14. The Morgan fingerprint density at radius 3 is 2.75 bits per heavy atom. The lowest BCUT2D eigenvalue weighted by molar-refractivity contribution is 0.0928. The number of hydrogen-bond donors (Lipinski definition) is 2. The van der Waals surface area contributed by atoms with E-state index < -0.39 is 0 Å². The summed E-state index contributed by atoms with van der Waals surface area (Å²) >= 11 is 0. The summed E-state index contributed by atoms with van der Waals surface area (Å²) in [6.07, 6.45) is 6.70. The van der Waals surface area contributed by atoms with E-state index in [1.54, 1.807) is 6.20 Å². The van der Waals surface area contributed by atoms with Crippen molar-refractivity contribution < 1.29 is 4.79 Å². The highest BCUT2D eigenvalue weighted by Crippen LogP contribution is 2.18. The Morgan fingerprint density at radius 1 is 1.29 bits per heavy atom. The van der Waals surface area contributed by atoms with Crippen molar-refractivity contribution in [3.8, 4) is 5.69 Å². The van der Waals surface area contributed by atoms with E-state index in [0.717, 1.165) is 56.6 Å². The Kier molecular flexibility index (Phi) is 5.64. The normalized spacial score (nSPS) is 15.4. The number of nitrogens with zero attached hydrogens (tertiary/aromatic N) is 2. The van der Waals surface area contributed by atoms with Crippen LogP contribution in [0.4, 0.5) is 0 Å². The number of carbonyl (C=O) groups excluding carboxylic acids is 1. The zero-order valence-electron chi connectivity index (χ0n) is 14.3. The average molecular weight is 326 g/mol. The predicted molar refractivity (Wildman–Crippen MR) is 95.5 cm³/mol. The number of piperidine rings is 1. The lowest BCUT2D eigenvalue weighted by Gasteiger charge is -2.23. The van der Waals surface area contributed by atoms with Crippen molar-refractivity contribution in [2.24, 2.45) is 0 Å². The van der Waals surface area contributed by atoms with Crippen LogP contribution in [-0.4, -0.2) is 34.8 Å². The van der Waals surface area contributed by atoms with E-state index in [1.165, 1.54) is 0 Å². The number of carbonyl (C=O) groups is 1. The molecular weight excluding hydrogens is 300 g/mol. The number of aromatic nitrogens is 2. The molecule has 2 aromatic rings. The second-order valence-electron chi connectivity index (χ2n) is 6.35. The summed E-state index contributed by atoms with van der Waals surface area (Å²) in [5.74, 6) is 0.00943. The first-order valence-corrected chi connectivity index (χ1v) is 8.93. The van der Waals surface area contributed by atoms with Gasteiger partial charge in [0, 0.05) is 6.04 Å². The van der Waals surface area contributed by atoms with Gasteiger partial charge in [-0.3, -0.25) is 4.79 Å². The van der Waals surface area contributed by atoms with Gasteiger partial charge in [-0.1, -0.05) is 31.5 Å². The van der Waals surface area contributed by atoms with Crippen LogP contribution in [0.2, 0.25) is 0 Å². The fourth-order valence-corrected chi connectivity index (χ4v) is 3.17. The number of rotatable bonds is 6. The largest absolute Gasteiger partial charge is 0.349 e. The molecule has 1 saturated heterocycles. The Morgan fingerprint density at radius 2 is 2.04 bits per heavy atom. The van der Waals surface area contributed by atoms with Crippen molar-refractivity contribution >= 4 is 5.91 Å². The monoisotopic (exact) mass is 326 g/mol. The van der Waals surface area contributed by atoms with Gasteiger partial charge in [0.2, 0.25) is 0 Å². The fraction of sp³-hybridized carbons (Fsp3) is 0.474. The topological polar surface area (TPSA) is 59.0 Å². The van der Waals surface area contributed by atoms with Crippen LogP contribution in [0.15, 0.2) is 36.5 Å². The lowest BCUT2D eigenvalue weighted by atomic mass is 10.1. The summed E-state index contributed by atoms with van der Waals surface area (Å²) in [5, 5.41) is 11.0. The van der Waals surface area contributed by atoms with Crippen LogP contribution in [-0.2, 0) is 6.42 Å². The molecule has 0 aliphatic carbocycles. The Labute approximate surface area is 143 Å². The molecule has 5 heteroatoms. The molecule has 1 aromatic heterocycles. The molecule has 2 heterocycles. The van der Waals surface area contributed by atoms with Crippen LogP contribution in [0, 0.1) is 0 Å². The van der Waals surface area contributed by atoms with E-state index in [4.69, 9.17) is 0 Å². The summed E-state index contributed by atoms with van der Waals surface area (Å²) in [6, 6.07) is 10.3. The summed E-state index contributed by atoms with van der Waals surface area (Å²) in [4.78, 5) is 12.8. The van der Waals surface area contributed by atoms with Gasteiger partial charge >= 0.3 is 0 Å². The third kappa shape index (κ3) is 3.85. The summed E-state index contributed by atoms with van der Waals surface area (Å²) in [6.45, 7) is 4.10. The van der Waals surface area contributed by atoms with Crippen LogP contribution in [0.3, 0.4) is 0 Å². The summed E-state index contributed by atoms with van der Waals surface area (Å²) in [5.41, 5.74) is 2.73. The molecule has 1 fully saturated rings. The van der Waals surface area contributed by atoms with Gasteiger partial charge in [0.05, 0.1) is 23.1 Å². The van der Waals surface area contributed by atoms with Crippen LogP contribution in [0.5, 0.6) is 0 Å². The average Bonchev–Trinajstić information content (AvgIpc) is 3.05. The van der Waals surface area contributed by atoms with Crippen molar-refractivity contribution in [1.82, 2.24) is 20.4 Å². The van der Waals surface area contributed by atoms with Crippen LogP contribution in [0.1, 0.15) is 48.7 Å². The van der Waals surface area contributed by atoms with Gasteiger partial charge in [-0.25, -0.2) is 4.68 Å². The molecule has 5 nitrogen and oxygen atoms in total. The van der Waals surface area contributed by atoms with Gasteiger partial charge in [0.25, 0.3) is 5.91 Å². The zero-order valence-corrected chi connectivity index (χ0v) is 14.3. The van der Waals surface area contributed by atoms with Crippen molar-refractivity contribution in [2.75, 3.05) is 13.1 Å². The maximum atomic E-state index is 12.8. The van der Waals surface area contributed by atoms with E-state index in [2.05, 4.69) is 22.7 Å². The highest BCUT2D eigenvalue weighted by Gasteiger charge is 2.21. The molecule has 0 unspecified atom stereocenters. The molecule has 24 heavy (non-hydrogen) atoms. The van der Waals surface area contributed by atoms with Gasteiger partial charge in [-0.2, -0.15) is 5.10 Å². The van der Waals surface area contributed by atoms with Gasteiger partial charge in [-0.15, -0.1) is 0 Å². The first-order chi connectivity index (χ1) is 11.8. The van der Waals surface area contributed by atoms with E-state index in [9.17, 15) is 4.79 Å². The number of benzene rings is 1. The molecule has 1 aliphatic rings. The molecule has 0 saturated carbocycles. The van der Waals surface area contributed by atoms with E-state index >= 15 is 0 Å². The molecule has 128 valence electrons. The maximum Gasteiger partial charge on any atom is 0.254 e. The number of para-hydroxylation sites is 1. The van der Waals surface area contributed by atoms with Gasteiger partial charge in [0.15, 0.2) is 0 Å². The molecule has 0 bridgehead atoms. The SMILES string of the molecule is CCCCc1c(C(=O)NC2CCNCC2)cnn1-c1ccccc1. The Bertz CT molecular complexity index is 659. The minimum Gasteiger partial charge on any atom is -0.349 e. The molecule has 0 atom stereocenters. The molecule has 3 rings (SSSR count). The van der Waals surface area contributed by atoms with Gasteiger partial charge < -0.3 is 10.6 Å². The predicted octanol–water partition coefficient (Wildman–Crippen LogP) is 2.70. The van der Waals surface area contributed by atoms with Crippen molar-refractivity contribution in [2.45, 2.75) is 45.1 Å². The number of amides is 1. The third-order valence-corrected chi connectivity index (χ3v) is 4.56. The Balaban J connectivity index is 1.83. The molecule has 1 amide bonds. The van der Waals surface area contributed by atoms with Gasteiger partial charge in [-0.05, 0) is 50.9 Å². The first-order valence-electron chi connectivity index (χ1n) is 8.93. The van der Waals surface area contributed by atoms with Crippen molar-refractivity contribution in [3.63, 3.8) is 0 Å². The lowest BCUT2D eigenvalue weighted by Crippen LogP contribution is -2.42.